The van der Waals surface area contributed by atoms with Crippen LogP contribution in [0.5, 0.6) is 5.75 Å². The van der Waals surface area contributed by atoms with Crippen LogP contribution in [0.1, 0.15) is 18.5 Å². The van der Waals surface area contributed by atoms with E-state index in [4.69, 9.17) is 4.74 Å². The van der Waals surface area contributed by atoms with Crippen LogP contribution in [-0.2, 0) is 0 Å². The van der Waals surface area contributed by atoms with Gasteiger partial charge in [0.1, 0.15) is 11.6 Å². The van der Waals surface area contributed by atoms with E-state index in [-0.39, 0.29) is 6.04 Å². The molecule has 0 aliphatic rings. The first-order valence-corrected chi connectivity index (χ1v) is 7.02. The molecule has 0 spiro atoms. The lowest BCUT2D eigenvalue weighted by atomic mass is 10.1. The van der Waals surface area contributed by atoms with Crippen molar-refractivity contribution in [1.82, 2.24) is 4.98 Å². The molecule has 0 radical (unpaired) electrons. The molecule has 0 saturated heterocycles. The molecule has 3 nitrogen and oxygen atoms in total. The summed E-state index contributed by atoms with van der Waals surface area (Å²) in [5, 5.41) is 5.70. The van der Waals surface area contributed by atoms with E-state index in [1.165, 1.54) is 5.56 Å². The van der Waals surface area contributed by atoms with Crippen LogP contribution in [0.25, 0.3) is 10.8 Å². The second kappa shape index (κ2) is 5.83. The maximum Gasteiger partial charge on any atom is 0.134 e. The monoisotopic (exact) mass is 278 g/mol. The smallest absolute Gasteiger partial charge is 0.134 e. The van der Waals surface area contributed by atoms with Gasteiger partial charge in [0.15, 0.2) is 0 Å². The van der Waals surface area contributed by atoms with Crippen molar-refractivity contribution in [2.75, 3.05) is 12.4 Å². The molecule has 1 unspecified atom stereocenters. The molecule has 0 saturated carbocycles. The number of methoxy groups -OCH3 is 1. The number of nitrogens with one attached hydrogen (secondary N) is 1. The number of hydrogen-bond acceptors (Lipinski definition) is 3. The largest absolute Gasteiger partial charge is 0.497 e. The first kappa shape index (κ1) is 13.4. The number of pyridine rings is 1. The van der Waals surface area contributed by atoms with Crippen molar-refractivity contribution < 1.29 is 4.74 Å². The summed E-state index contributed by atoms with van der Waals surface area (Å²) in [6, 6.07) is 18.6. The zero-order valence-electron chi connectivity index (χ0n) is 12.2. The maximum absolute atomic E-state index is 5.27. The van der Waals surface area contributed by atoms with E-state index in [1.54, 1.807) is 7.11 Å². The molecule has 1 heterocycles. The molecule has 2 aromatic carbocycles. The fourth-order valence-corrected chi connectivity index (χ4v) is 2.43. The molecule has 1 N–H and O–H groups in total. The number of anilines is 1. The van der Waals surface area contributed by atoms with Gasteiger partial charge in [0.05, 0.1) is 7.11 Å². The average molecular weight is 278 g/mol. The van der Waals surface area contributed by atoms with E-state index in [0.717, 1.165) is 22.3 Å². The van der Waals surface area contributed by atoms with Gasteiger partial charge in [-0.15, -0.1) is 0 Å². The number of ether oxygens (including phenoxy) is 1. The van der Waals surface area contributed by atoms with Gasteiger partial charge < -0.3 is 10.1 Å². The van der Waals surface area contributed by atoms with E-state index in [9.17, 15) is 0 Å². The highest BCUT2D eigenvalue weighted by Crippen LogP contribution is 2.27. The predicted molar refractivity (Wildman–Crippen MR) is 86.8 cm³/mol. The summed E-state index contributed by atoms with van der Waals surface area (Å²) in [6.45, 7) is 2.14. The standard InChI is InChI=1S/C18H18N2O/c1-13(14-6-4-3-5-7-14)20-18-17-9-8-16(21-2)12-15(17)10-11-19-18/h3-13H,1-2H3,(H,19,20). The summed E-state index contributed by atoms with van der Waals surface area (Å²) in [5.74, 6) is 1.75. The van der Waals surface area contributed by atoms with Crippen LogP contribution in [0, 0.1) is 0 Å². The molecular formula is C18H18N2O. The Labute approximate surface area is 124 Å². The second-order valence-corrected chi connectivity index (χ2v) is 5.02. The topological polar surface area (TPSA) is 34.1 Å². The molecule has 1 aromatic heterocycles. The van der Waals surface area contributed by atoms with Crippen LogP contribution in [0.4, 0.5) is 5.82 Å². The Morgan fingerprint density at radius 2 is 1.86 bits per heavy atom. The molecule has 21 heavy (non-hydrogen) atoms. The Kier molecular flexibility index (Phi) is 3.73. The molecule has 106 valence electrons. The number of nitrogens with zero attached hydrogens (tertiary/aromatic N) is 1. The van der Waals surface area contributed by atoms with Gasteiger partial charge in [-0.2, -0.15) is 0 Å². The third-order valence-corrected chi connectivity index (χ3v) is 3.62. The van der Waals surface area contributed by atoms with Crippen LogP contribution in [0.2, 0.25) is 0 Å². The minimum Gasteiger partial charge on any atom is -0.497 e. The number of fused-ring (bicyclic) bond motifs is 1. The Morgan fingerprint density at radius 1 is 1.05 bits per heavy atom. The minimum absolute atomic E-state index is 0.200. The Morgan fingerprint density at radius 3 is 2.62 bits per heavy atom. The lowest BCUT2D eigenvalue weighted by Gasteiger charge is -2.16. The van der Waals surface area contributed by atoms with Gasteiger partial charge in [-0.3, -0.25) is 0 Å². The molecular weight excluding hydrogens is 260 g/mol. The van der Waals surface area contributed by atoms with Crippen LogP contribution in [-0.4, -0.2) is 12.1 Å². The third kappa shape index (κ3) is 2.82. The van der Waals surface area contributed by atoms with Gasteiger partial charge in [-0.1, -0.05) is 30.3 Å². The molecule has 3 heteroatoms. The summed E-state index contributed by atoms with van der Waals surface area (Å²) < 4.78 is 5.27. The fourth-order valence-electron chi connectivity index (χ4n) is 2.43. The Hall–Kier alpha value is -2.55. The number of aromatic nitrogens is 1. The first-order valence-electron chi connectivity index (χ1n) is 7.02. The van der Waals surface area contributed by atoms with Crippen LogP contribution < -0.4 is 10.1 Å². The van der Waals surface area contributed by atoms with Crippen molar-refractivity contribution in [3.05, 3.63) is 66.4 Å². The second-order valence-electron chi connectivity index (χ2n) is 5.02. The van der Waals surface area contributed by atoms with Crippen LogP contribution >= 0.6 is 0 Å². The molecule has 3 rings (SSSR count). The van der Waals surface area contributed by atoms with E-state index in [2.05, 4.69) is 41.5 Å². The van der Waals surface area contributed by atoms with Crippen molar-refractivity contribution in [3.63, 3.8) is 0 Å². The molecule has 1 atom stereocenters. The van der Waals surface area contributed by atoms with Crippen molar-refractivity contribution in [3.8, 4) is 5.75 Å². The molecule has 0 fully saturated rings. The summed E-state index contributed by atoms with van der Waals surface area (Å²) in [6.07, 6.45) is 1.82. The summed E-state index contributed by atoms with van der Waals surface area (Å²) in [7, 11) is 1.68. The Bertz CT molecular complexity index is 741. The number of hydrogen-bond donors (Lipinski definition) is 1. The van der Waals surface area contributed by atoms with Gasteiger partial charge in [0, 0.05) is 17.6 Å². The third-order valence-electron chi connectivity index (χ3n) is 3.62. The lowest BCUT2D eigenvalue weighted by Crippen LogP contribution is -2.08. The van der Waals surface area contributed by atoms with E-state index < -0.39 is 0 Å². The van der Waals surface area contributed by atoms with Gasteiger partial charge in [0.25, 0.3) is 0 Å². The molecule has 0 aliphatic carbocycles. The number of rotatable bonds is 4. The summed E-state index contributed by atoms with van der Waals surface area (Å²) >= 11 is 0. The van der Waals surface area contributed by atoms with E-state index in [1.807, 2.05) is 36.5 Å². The van der Waals surface area contributed by atoms with Gasteiger partial charge in [0.2, 0.25) is 0 Å². The number of benzene rings is 2. The highest BCUT2D eigenvalue weighted by molar-refractivity contribution is 5.92. The highest BCUT2D eigenvalue weighted by atomic mass is 16.5. The maximum atomic E-state index is 5.27. The zero-order valence-corrected chi connectivity index (χ0v) is 12.2. The van der Waals surface area contributed by atoms with Crippen molar-refractivity contribution in [2.45, 2.75) is 13.0 Å². The van der Waals surface area contributed by atoms with Gasteiger partial charge in [-0.25, -0.2) is 4.98 Å². The minimum atomic E-state index is 0.200. The molecule has 0 aliphatic heterocycles. The normalized spacial score (nSPS) is 12.1. The van der Waals surface area contributed by atoms with Crippen LogP contribution in [0.15, 0.2) is 60.8 Å². The molecule has 0 bridgehead atoms. The van der Waals surface area contributed by atoms with Crippen molar-refractivity contribution in [2.24, 2.45) is 0 Å². The summed E-state index contributed by atoms with van der Waals surface area (Å²) in [5.41, 5.74) is 1.24. The van der Waals surface area contributed by atoms with E-state index in [0.29, 0.717) is 0 Å². The average Bonchev–Trinajstić information content (AvgIpc) is 2.55. The fraction of sp³-hybridized carbons (Fsp3) is 0.167. The summed E-state index contributed by atoms with van der Waals surface area (Å²) in [4.78, 5) is 4.48. The van der Waals surface area contributed by atoms with Crippen LogP contribution in [0.3, 0.4) is 0 Å². The predicted octanol–water partition coefficient (Wildman–Crippen LogP) is 4.42. The Balaban J connectivity index is 1.94. The quantitative estimate of drug-likeness (QED) is 0.767. The van der Waals surface area contributed by atoms with Crippen molar-refractivity contribution >= 4 is 16.6 Å². The van der Waals surface area contributed by atoms with Gasteiger partial charge in [-0.05, 0) is 42.1 Å². The molecule has 3 aromatic rings. The lowest BCUT2D eigenvalue weighted by molar-refractivity contribution is 0.415. The molecule has 0 amide bonds. The van der Waals surface area contributed by atoms with Crippen molar-refractivity contribution in [1.29, 1.82) is 0 Å². The first-order chi connectivity index (χ1) is 10.3. The van der Waals surface area contributed by atoms with Gasteiger partial charge >= 0.3 is 0 Å². The highest BCUT2D eigenvalue weighted by Gasteiger charge is 2.08. The van der Waals surface area contributed by atoms with E-state index >= 15 is 0 Å². The zero-order chi connectivity index (χ0) is 14.7. The SMILES string of the molecule is COc1ccc2c(NC(C)c3ccccc3)nccc2c1.